The number of aryl methyl sites for hydroxylation is 2. The van der Waals surface area contributed by atoms with Crippen molar-refractivity contribution < 1.29 is 19.4 Å². The van der Waals surface area contributed by atoms with E-state index in [1.807, 2.05) is 32.0 Å². The summed E-state index contributed by atoms with van der Waals surface area (Å²) in [5.41, 5.74) is 3.21. The third kappa shape index (κ3) is 3.57. The largest absolute Gasteiger partial charge is 0.507 e. The molecule has 1 aliphatic rings. The molecule has 1 atom stereocenters. The van der Waals surface area contributed by atoms with E-state index in [0.717, 1.165) is 11.1 Å². The molecule has 3 aromatic rings. The van der Waals surface area contributed by atoms with Gasteiger partial charge in [0.25, 0.3) is 11.7 Å². The summed E-state index contributed by atoms with van der Waals surface area (Å²) in [4.78, 5) is 32.1. The second-order valence-electron chi connectivity index (χ2n) is 7.44. The summed E-state index contributed by atoms with van der Waals surface area (Å²) in [6.07, 6.45) is 1.60. The standard InChI is InChI=1S/C25H22N2O4/c1-15-7-6-8-17(13-15)27-22(20-9-4-5-12-26-20)21(24(29)25(27)30)23(28)19-11-10-18(31-3)14-16(19)2/h4-14,22,28H,1-3H3/b23-21-. The maximum Gasteiger partial charge on any atom is 0.300 e. The predicted octanol–water partition coefficient (Wildman–Crippen LogP) is 4.33. The maximum absolute atomic E-state index is 13.1. The molecule has 2 heterocycles. The molecule has 1 saturated heterocycles. The first-order chi connectivity index (χ1) is 14.9. The van der Waals surface area contributed by atoms with Crippen LogP contribution in [0.4, 0.5) is 5.69 Å². The molecule has 31 heavy (non-hydrogen) atoms. The second kappa shape index (κ2) is 8.07. The molecule has 1 N–H and O–H groups in total. The van der Waals surface area contributed by atoms with E-state index in [2.05, 4.69) is 4.98 Å². The number of amides is 1. The third-order valence-corrected chi connectivity index (χ3v) is 5.38. The Morgan fingerprint density at radius 1 is 1.03 bits per heavy atom. The fourth-order valence-electron chi connectivity index (χ4n) is 3.87. The van der Waals surface area contributed by atoms with Crippen molar-refractivity contribution in [1.82, 2.24) is 4.98 Å². The topological polar surface area (TPSA) is 79.7 Å². The van der Waals surface area contributed by atoms with Gasteiger partial charge in [0.1, 0.15) is 17.6 Å². The Bertz CT molecular complexity index is 1200. The molecule has 4 rings (SSSR count). The molecule has 0 radical (unpaired) electrons. The van der Waals surface area contributed by atoms with E-state index in [4.69, 9.17) is 4.74 Å². The van der Waals surface area contributed by atoms with Crippen molar-refractivity contribution in [1.29, 1.82) is 0 Å². The van der Waals surface area contributed by atoms with Crippen molar-refractivity contribution in [3.8, 4) is 5.75 Å². The van der Waals surface area contributed by atoms with Crippen molar-refractivity contribution in [3.05, 3.63) is 94.8 Å². The number of aliphatic hydroxyl groups is 1. The monoisotopic (exact) mass is 414 g/mol. The van der Waals surface area contributed by atoms with Crippen LogP contribution in [0.25, 0.3) is 5.76 Å². The normalized spacial score (nSPS) is 17.8. The van der Waals surface area contributed by atoms with Crippen molar-refractivity contribution in [2.45, 2.75) is 19.9 Å². The number of nitrogens with zero attached hydrogens (tertiary/aromatic N) is 2. The average molecular weight is 414 g/mol. The first kappa shape index (κ1) is 20.3. The van der Waals surface area contributed by atoms with Crippen LogP contribution >= 0.6 is 0 Å². The molecular weight excluding hydrogens is 392 g/mol. The van der Waals surface area contributed by atoms with Crippen LogP contribution in [0.2, 0.25) is 0 Å². The first-order valence-corrected chi connectivity index (χ1v) is 9.86. The summed E-state index contributed by atoms with van der Waals surface area (Å²) in [5, 5.41) is 11.2. The highest BCUT2D eigenvalue weighted by molar-refractivity contribution is 6.51. The molecule has 0 spiro atoms. The van der Waals surface area contributed by atoms with Gasteiger partial charge < -0.3 is 9.84 Å². The number of hydrogen-bond acceptors (Lipinski definition) is 5. The van der Waals surface area contributed by atoms with Crippen LogP contribution in [-0.4, -0.2) is 28.9 Å². The molecule has 6 heteroatoms. The number of aliphatic hydroxyl groups excluding tert-OH is 1. The molecule has 1 fully saturated rings. The Balaban J connectivity index is 1.95. The Labute approximate surface area is 180 Å². The lowest BCUT2D eigenvalue weighted by Crippen LogP contribution is -2.29. The molecule has 0 bridgehead atoms. The number of anilines is 1. The fourth-order valence-corrected chi connectivity index (χ4v) is 3.87. The van der Waals surface area contributed by atoms with Gasteiger partial charge in [-0.1, -0.05) is 18.2 Å². The van der Waals surface area contributed by atoms with Gasteiger partial charge in [-0.2, -0.15) is 0 Å². The van der Waals surface area contributed by atoms with Gasteiger partial charge >= 0.3 is 0 Å². The highest BCUT2D eigenvalue weighted by atomic mass is 16.5. The lowest BCUT2D eigenvalue weighted by molar-refractivity contribution is -0.132. The molecule has 6 nitrogen and oxygen atoms in total. The van der Waals surface area contributed by atoms with Crippen LogP contribution in [0.3, 0.4) is 0 Å². The van der Waals surface area contributed by atoms with E-state index in [9.17, 15) is 14.7 Å². The summed E-state index contributed by atoms with van der Waals surface area (Å²) >= 11 is 0. The zero-order chi connectivity index (χ0) is 22.1. The van der Waals surface area contributed by atoms with Gasteiger partial charge in [-0.3, -0.25) is 19.5 Å². The zero-order valence-corrected chi connectivity index (χ0v) is 17.5. The number of Topliss-reactive ketones (excluding diaryl/α,β-unsaturated/α-hetero) is 1. The van der Waals surface area contributed by atoms with E-state index in [-0.39, 0.29) is 11.3 Å². The fraction of sp³-hybridized carbons (Fsp3) is 0.160. The summed E-state index contributed by atoms with van der Waals surface area (Å²) < 4.78 is 5.23. The molecule has 156 valence electrons. The van der Waals surface area contributed by atoms with E-state index < -0.39 is 17.7 Å². The number of ketones is 1. The van der Waals surface area contributed by atoms with Crippen molar-refractivity contribution in [2.24, 2.45) is 0 Å². The van der Waals surface area contributed by atoms with Gasteiger partial charge in [0.2, 0.25) is 0 Å². The Morgan fingerprint density at radius 3 is 2.48 bits per heavy atom. The van der Waals surface area contributed by atoms with Crippen molar-refractivity contribution >= 4 is 23.1 Å². The van der Waals surface area contributed by atoms with E-state index >= 15 is 0 Å². The van der Waals surface area contributed by atoms with Crippen LogP contribution in [0, 0.1) is 13.8 Å². The molecule has 1 unspecified atom stereocenters. The second-order valence-corrected chi connectivity index (χ2v) is 7.44. The lowest BCUT2D eigenvalue weighted by atomic mass is 9.96. The van der Waals surface area contributed by atoms with Crippen LogP contribution in [0.5, 0.6) is 5.75 Å². The number of ether oxygens (including phenoxy) is 1. The minimum Gasteiger partial charge on any atom is -0.507 e. The third-order valence-electron chi connectivity index (χ3n) is 5.38. The average Bonchev–Trinajstić information content (AvgIpc) is 3.04. The van der Waals surface area contributed by atoms with E-state index in [0.29, 0.717) is 22.7 Å². The summed E-state index contributed by atoms with van der Waals surface area (Å²) in [6.45, 7) is 3.72. The van der Waals surface area contributed by atoms with Gasteiger partial charge in [-0.05, 0) is 67.4 Å². The molecule has 2 aromatic carbocycles. The molecular formula is C25H22N2O4. The minimum absolute atomic E-state index is 0.0125. The Hall–Kier alpha value is -3.93. The number of carbonyl (C=O) groups excluding carboxylic acids is 2. The van der Waals surface area contributed by atoms with Gasteiger partial charge in [0, 0.05) is 17.4 Å². The highest BCUT2D eigenvalue weighted by Crippen LogP contribution is 2.42. The quantitative estimate of drug-likeness (QED) is 0.390. The predicted molar refractivity (Wildman–Crippen MR) is 118 cm³/mol. The zero-order valence-electron chi connectivity index (χ0n) is 17.5. The SMILES string of the molecule is COc1ccc(/C(O)=C2/C(=O)C(=O)N(c3cccc(C)c3)C2c2ccccn2)c(C)c1. The number of pyridine rings is 1. The number of aromatic nitrogens is 1. The van der Waals surface area contributed by atoms with Crippen LogP contribution in [-0.2, 0) is 9.59 Å². The maximum atomic E-state index is 13.1. The molecule has 0 saturated carbocycles. The van der Waals surface area contributed by atoms with E-state index in [1.165, 1.54) is 4.90 Å². The Kier molecular flexibility index (Phi) is 5.29. The van der Waals surface area contributed by atoms with Crippen LogP contribution in [0.1, 0.15) is 28.4 Å². The number of rotatable bonds is 4. The van der Waals surface area contributed by atoms with Gasteiger partial charge in [0.15, 0.2) is 0 Å². The van der Waals surface area contributed by atoms with Gasteiger partial charge in [0.05, 0.1) is 18.4 Å². The number of carbonyl (C=O) groups is 2. The van der Waals surface area contributed by atoms with Crippen molar-refractivity contribution in [3.63, 3.8) is 0 Å². The molecule has 1 aromatic heterocycles. The summed E-state index contributed by atoms with van der Waals surface area (Å²) in [6, 6.07) is 16.9. The van der Waals surface area contributed by atoms with E-state index in [1.54, 1.807) is 55.8 Å². The highest BCUT2D eigenvalue weighted by Gasteiger charge is 2.47. The van der Waals surface area contributed by atoms with Crippen LogP contribution < -0.4 is 9.64 Å². The van der Waals surface area contributed by atoms with Crippen LogP contribution in [0.15, 0.2) is 72.4 Å². The minimum atomic E-state index is -0.843. The first-order valence-electron chi connectivity index (χ1n) is 9.86. The number of methoxy groups -OCH3 is 1. The lowest BCUT2D eigenvalue weighted by Gasteiger charge is -2.25. The number of hydrogen-bond donors (Lipinski definition) is 1. The molecule has 0 aliphatic carbocycles. The number of benzene rings is 2. The summed E-state index contributed by atoms with van der Waals surface area (Å²) in [7, 11) is 1.56. The van der Waals surface area contributed by atoms with Gasteiger partial charge in [-0.15, -0.1) is 0 Å². The Morgan fingerprint density at radius 2 is 1.84 bits per heavy atom. The molecule has 1 amide bonds. The van der Waals surface area contributed by atoms with Gasteiger partial charge in [-0.25, -0.2) is 0 Å². The molecule has 1 aliphatic heterocycles. The van der Waals surface area contributed by atoms with Crippen molar-refractivity contribution in [2.75, 3.05) is 12.0 Å². The summed E-state index contributed by atoms with van der Waals surface area (Å²) in [5.74, 6) is -1.04. The smallest absolute Gasteiger partial charge is 0.300 e.